The molecule has 0 saturated heterocycles. The summed E-state index contributed by atoms with van der Waals surface area (Å²) in [5.41, 5.74) is 0.371. The van der Waals surface area contributed by atoms with E-state index in [9.17, 15) is 32.0 Å². The fourth-order valence-corrected chi connectivity index (χ4v) is 9.55. The summed E-state index contributed by atoms with van der Waals surface area (Å²) in [5, 5.41) is 31.2. The lowest BCUT2D eigenvalue weighted by Gasteiger charge is -2.17. The number of aromatic hydroxyl groups is 1. The van der Waals surface area contributed by atoms with Gasteiger partial charge >= 0.3 is 0 Å². The lowest BCUT2D eigenvalue weighted by Crippen LogP contribution is -2.18. The van der Waals surface area contributed by atoms with Crippen LogP contribution in [0.2, 0.25) is 0 Å². The van der Waals surface area contributed by atoms with Gasteiger partial charge in [-0.2, -0.15) is 10.4 Å². The number of aromatic amines is 1. The third-order valence-electron chi connectivity index (χ3n) is 10.8. The highest BCUT2D eigenvalue weighted by molar-refractivity contribution is 7.93. The number of methoxy groups -OCH3 is 1. The number of aromatic nitrogens is 2. The Morgan fingerprint density at radius 1 is 0.773 bits per heavy atom. The summed E-state index contributed by atoms with van der Waals surface area (Å²) in [6.45, 7) is 4.11. The molecule has 4 N–H and O–H groups in total. The Labute approximate surface area is 388 Å². The van der Waals surface area contributed by atoms with Crippen LogP contribution in [0.3, 0.4) is 0 Å². The van der Waals surface area contributed by atoms with E-state index in [1.54, 1.807) is 37.3 Å². The molecule has 354 valence electrons. The minimum absolute atomic E-state index is 0.0777. The normalized spacial score (nSPS) is 11.8. The standard InChI is InChI=1S/C48H61N7O9S2/c1-4-5-6-7-8-9-10-11-12-13-14-15-16-20-29-64-45-32-42(44(56)30-36(45)2)54-66(60,61)46-31-39(24-23-37(46)34-63-35-62-3)53-65(58,59)41-27-25-38(26-28-41)50-51-47-43(33-49)52-55(48(47)57)40-21-18-17-19-22-40/h17-19,21-28,30-32,52-54,56H,4-16,20,29,34-35H2,1-3H3. The molecule has 0 saturated carbocycles. The van der Waals surface area contributed by atoms with Crippen LogP contribution in [-0.2, 0) is 36.1 Å². The van der Waals surface area contributed by atoms with Crippen molar-refractivity contribution in [2.24, 2.45) is 10.2 Å². The zero-order chi connectivity index (χ0) is 47.4. The van der Waals surface area contributed by atoms with Gasteiger partial charge in [0.05, 0.1) is 45.8 Å². The maximum absolute atomic E-state index is 14.0. The number of benzene rings is 4. The van der Waals surface area contributed by atoms with Crippen LogP contribution in [0.5, 0.6) is 11.5 Å². The highest BCUT2D eigenvalue weighted by Gasteiger charge is 2.24. The van der Waals surface area contributed by atoms with Crippen molar-refractivity contribution in [2.45, 2.75) is 120 Å². The minimum Gasteiger partial charge on any atom is -0.506 e. The number of nitrogens with one attached hydrogen (secondary N) is 3. The van der Waals surface area contributed by atoms with Gasteiger partial charge in [0.15, 0.2) is 11.4 Å². The summed E-state index contributed by atoms with van der Waals surface area (Å²) in [7, 11) is -7.34. The average molecular weight is 944 g/mol. The SMILES string of the molecule is CCCCCCCCCCCCCCCCOc1cc(NS(=O)(=O)c2cc(NS(=O)(=O)c3ccc(N=Nc4c(C#N)[nH]n(-c5ccccc5)c4=O)cc3)ccc2COCOC)c(O)cc1C. The van der Waals surface area contributed by atoms with Gasteiger partial charge < -0.3 is 19.3 Å². The molecule has 0 aliphatic carbocycles. The summed E-state index contributed by atoms with van der Waals surface area (Å²) >= 11 is 0. The van der Waals surface area contributed by atoms with Gasteiger partial charge in [-0.1, -0.05) is 115 Å². The number of para-hydroxylation sites is 1. The van der Waals surface area contributed by atoms with E-state index in [0.29, 0.717) is 23.6 Å². The number of ether oxygens (including phenoxy) is 3. The Kier molecular flexibility index (Phi) is 19.8. The van der Waals surface area contributed by atoms with Crippen molar-refractivity contribution in [3.63, 3.8) is 0 Å². The maximum Gasteiger partial charge on any atom is 0.300 e. The summed E-state index contributed by atoms with van der Waals surface area (Å²) in [5.74, 6) is 0.0976. The number of nitriles is 1. The Morgan fingerprint density at radius 3 is 2.03 bits per heavy atom. The topological polar surface area (TPSA) is 227 Å². The van der Waals surface area contributed by atoms with E-state index in [2.05, 4.69) is 31.7 Å². The first kappa shape index (κ1) is 51.0. The van der Waals surface area contributed by atoms with E-state index in [4.69, 9.17) is 14.2 Å². The van der Waals surface area contributed by atoms with Crippen LogP contribution in [0.15, 0.2) is 110 Å². The number of H-pyrrole nitrogens is 1. The van der Waals surface area contributed by atoms with Crippen LogP contribution in [-0.4, -0.2) is 52.2 Å². The number of phenols is 1. The number of hydrogen-bond acceptors (Lipinski definition) is 12. The molecule has 0 atom stereocenters. The second-order valence-electron chi connectivity index (χ2n) is 16.0. The smallest absolute Gasteiger partial charge is 0.300 e. The van der Waals surface area contributed by atoms with Gasteiger partial charge in [0.25, 0.3) is 25.6 Å². The molecule has 16 nitrogen and oxygen atoms in total. The van der Waals surface area contributed by atoms with Crippen molar-refractivity contribution in [2.75, 3.05) is 30.0 Å². The number of nitrogens with zero attached hydrogens (tertiary/aromatic N) is 4. The highest BCUT2D eigenvalue weighted by atomic mass is 32.2. The van der Waals surface area contributed by atoms with Gasteiger partial charge in [0.1, 0.15) is 24.4 Å². The van der Waals surface area contributed by atoms with Crippen molar-refractivity contribution in [1.82, 2.24) is 9.78 Å². The molecule has 18 heteroatoms. The van der Waals surface area contributed by atoms with E-state index in [1.807, 2.05) is 6.07 Å². The first-order chi connectivity index (χ1) is 31.9. The number of azo groups is 1. The molecule has 66 heavy (non-hydrogen) atoms. The first-order valence-electron chi connectivity index (χ1n) is 22.4. The fourth-order valence-electron chi connectivity index (χ4n) is 7.18. The number of rotatable bonds is 29. The van der Waals surface area contributed by atoms with Crippen LogP contribution in [0.4, 0.5) is 22.7 Å². The number of sulfonamides is 2. The summed E-state index contributed by atoms with van der Waals surface area (Å²) < 4.78 is 77.7. The summed E-state index contributed by atoms with van der Waals surface area (Å²) in [4.78, 5) is 12.5. The van der Waals surface area contributed by atoms with Crippen LogP contribution < -0.4 is 19.7 Å². The van der Waals surface area contributed by atoms with Crippen LogP contribution in [0.1, 0.15) is 114 Å². The monoisotopic (exact) mass is 943 g/mol. The second-order valence-corrected chi connectivity index (χ2v) is 19.3. The largest absolute Gasteiger partial charge is 0.506 e. The Balaban J connectivity index is 1.21. The van der Waals surface area contributed by atoms with E-state index in [1.165, 1.54) is 131 Å². The molecule has 4 aromatic carbocycles. The van der Waals surface area contributed by atoms with Gasteiger partial charge in [0.2, 0.25) is 0 Å². The van der Waals surface area contributed by atoms with Gasteiger partial charge in [0, 0.05) is 13.2 Å². The molecule has 0 aliphatic rings. The average Bonchev–Trinajstić information content (AvgIpc) is 3.63. The molecule has 1 aromatic heterocycles. The lowest BCUT2D eigenvalue weighted by atomic mass is 10.0. The minimum atomic E-state index is -4.47. The lowest BCUT2D eigenvalue weighted by molar-refractivity contribution is -0.0397. The molecule has 0 fully saturated rings. The van der Waals surface area contributed by atoms with Crippen molar-refractivity contribution >= 4 is 42.8 Å². The second kappa shape index (κ2) is 25.6. The van der Waals surface area contributed by atoms with E-state index < -0.39 is 25.6 Å². The summed E-state index contributed by atoms with van der Waals surface area (Å²) in [6.07, 6.45) is 17.3. The van der Waals surface area contributed by atoms with Crippen molar-refractivity contribution in [3.05, 3.63) is 112 Å². The number of aryl methyl sites for hydroxylation is 1. The quantitative estimate of drug-likeness (QED) is 0.0153. The van der Waals surface area contributed by atoms with Crippen LogP contribution >= 0.6 is 0 Å². The molecular formula is C48H61N7O9S2. The Bertz CT molecular complexity index is 2680. The fraction of sp³-hybridized carbons (Fsp3) is 0.417. The number of unbranched alkanes of at least 4 members (excludes halogenated alkanes) is 13. The molecule has 5 rings (SSSR count). The predicted octanol–water partition coefficient (Wildman–Crippen LogP) is 11.0. The number of anilines is 2. The molecule has 1 heterocycles. The highest BCUT2D eigenvalue weighted by Crippen LogP contribution is 2.35. The Hall–Kier alpha value is -6.00. The molecule has 0 aliphatic heterocycles. The van der Waals surface area contributed by atoms with Crippen molar-refractivity contribution in [3.8, 4) is 23.3 Å². The van der Waals surface area contributed by atoms with E-state index in [-0.39, 0.29) is 62.9 Å². The van der Waals surface area contributed by atoms with Crippen molar-refractivity contribution < 1.29 is 36.2 Å². The van der Waals surface area contributed by atoms with Crippen molar-refractivity contribution in [1.29, 1.82) is 5.26 Å². The Morgan fingerprint density at radius 2 is 1.41 bits per heavy atom. The maximum atomic E-state index is 14.0. The molecule has 0 spiro atoms. The van der Waals surface area contributed by atoms with E-state index >= 15 is 0 Å². The van der Waals surface area contributed by atoms with Gasteiger partial charge in [-0.3, -0.25) is 19.3 Å². The predicted molar refractivity (Wildman–Crippen MR) is 255 cm³/mol. The molecule has 0 amide bonds. The van der Waals surface area contributed by atoms with E-state index in [0.717, 1.165) is 25.3 Å². The number of phenolic OH excluding ortho intramolecular Hbond substituents is 1. The molecule has 0 bridgehead atoms. The molecule has 0 radical (unpaired) electrons. The number of hydrogen-bond donors (Lipinski definition) is 4. The van der Waals surface area contributed by atoms with Gasteiger partial charge in [-0.05, 0) is 79.1 Å². The first-order valence-corrected chi connectivity index (χ1v) is 25.4. The van der Waals surface area contributed by atoms with Gasteiger partial charge in [-0.15, -0.1) is 5.11 Å². The van der Waals surface area contributed by atoms with Crippen LogP contribution in [0.25, 0.3) is 5.69 Å². The van der Waals surface area contributed by atoms with Crippen LogP contribution in [0, 0.1) is 18.3 Å². The third-order valence-corrected chi connectivity index (χ3v) is 13.6. The molecule has 5 aromatic rings. The zero-order valence-electron chi connectivity index (χ0n) is 37.9. The summed E-state index contributed by atoms with van der Waals surface area (Å²) in [6, 6.07) is 22.5. The molecular weight excluding hydrogens is 883 g/mol. The van der Waals surface area contributed by atoms with Gasteiger partial charge in [-0.25, -0.2) is 21.5 Å². The molecule has 0 unspecified atom stereocenters. The third kappa shape index (κ3) is 15.0. The zero-order valence-corrected chi connectivity index (χ0v) is 39.6.